The number of hydrogen-bond acceptors (Lipinski definition) is 5. The van der Waals surface area contributed by atoms with E-state index in [0.717, 1.165) is 16.6 Å². The molecule has 3 rings (SSSR count). The second-order valence-electron chi connectivity index (χ2n) is 5.14. The Bertz CT molecular complexity index is 902. The number of aromatic nitrogens is 2. The van der Waals surface area contributed by atoms with Crippen LogP contribution in [0.1, 0.15) is 12.5 Å². The van der Waals surface area contributed by atoms with Gasteiger partial charge in [0.1, 0.15) is 5.82 Å². The van der Waals surface area contributed by atoms with Crippen LogP contribution in [0.3, 0.4) is 0 Å². The van der Waals surface area contributed by atoms with Gasteiger partial charge in [-0.05, 0) is 37.6 Å². The molecule has 0 amide bonds. The SMILES string of the molecule is CCOc1cc(-c2nc3ccc(C)cc3[nH]2)cc([N+](=O)[O-])c1O. The smallest absolute Gasteiger partial charge is 0.315 e. The van der Waals surface area contributed by atoms with Crippen molar-refractivity contribution in [1.82, 2.24) is 9.97 Å². The number of aryl methyl sites for hydroxylation is 1. The van der Waals surface area contributed by atoms with Crippen LogP contribution in [0.25, 0.3) is 22.4 Å². The second kappa shape index (κ2) is 5.60. The Hall–Kier alpha value is -3.09. The number of hydrogen-bond donors (Lipinski definition) is 2. The number of nitrogens with zero attached hydrogens (tertiary/aromatic N) is 2. The molecule has 0 saturated heterocycles. The lowest BCUT2D eigenvalue weighted by Gasteiger charge is -2.07. The molecule has 118 valence electrons. The molecule has 0 radical (unpaired) electrons. The maximum atomic E-state index is 11.1. The lowest BCUT2D eigenvalue weighted by Crippen LogP contribution is -1.96. The Balaban J connectivity index is 2.18. The number of aromatic hydroxyl groups is 1. The summed E-state index contributed by atoms with van der Waals surface area (Å²) in [6.45, 7) is 3.99. The number of nitrogens with one attached hydrogen (secondary N) is 1. The van der Waals surface area contributed by atoms with Crippen LogP contribution in [0.5, 0.6) is 11.5 Å². The summed E-state index contributed by atoms with van der Waals surface area (Å²) in [6, 6.07) is 8.59. The summed E-state index contributed by atoms with van der Waals surface area (Å²) in [5.74, 6) is 0.0653. The minimum atomic E-state index is -0.645. The van der Waals surface area contributed by atoms with Crippen molar-refractivity contribution in [3.8, 4) is 22.9 Å². The van der Waals surface area contributed by atoms with Gasteiger partial charge >= 0.3 is 5.69 Å². The molecule has 1 aromatic heterocycles. The molecule has 23 heavy (non-hydrogen) atoms. The van der Waals surface area contributed by atoms with Gasteiger partial charge in [0.25, 0.3) is 0 Å². The highest BCUT2D eigenvalue weighted by molar-refractivity contribution is 5.81. The molecule has 0 bridgehead atoms. The van der Waals surface area contributed by atoms with Gasteiger partial charge < -0.3 is 14.8 Å². The summed E-state index contributed by atoms with van der Waals surface area (Å²) in [5.41, 5.74) is 2.75. The number of fused-ring (bicyclic) bond motifs is 1. The summed E-state index contributed by atoms with van der Waals surface area (Å²) < 4.78 is 5.29. The van der Waals surface area contributed by atoms with Crippen molar-refractivity contribution in [1.29, 1.82) is 0 Å². The van der Waals surface area contributed by atoms with E-state index in [0.29, 0.717) is 11.4 Å². The molecule has 3 aromatic rings. The maximum Gasteiger partial charge on any atom is 0.315 e. The highest BCUT2D eigenvalue weighted by Crippen LogP contribution is 2.40. The van der Waals surface area contributed by atoms with E-state index in [-0.39, 0.29) is 12.4 Å². The standard InChI is InChI=1S/C16H15N3O4/c1-3-23-14-8-10(7-13(15(14)20)19(21)22)16-17-11-5-4-9(2)6-12(11)18-16/h4-8,20H,3H2,1-2H3,(H,17,18). The van der Waals surface area contributed by atoms with E-state index in [9.17, 15) is 15.2 Å². The number of imidazole rings is 1. The summed E-state index contributed by atoms with van der Waals surface area (Å²) in [4.78, 5) is 18.1. The first-order valence-corrected chi connectivity index (χ1v) is 7.10. The number of rotatable bonds is 4. The second-order valence-corrected chi connectivity index (χ2v) is 5.14. The Morgan fingerprint density at radius 1 is 1.35 bits per heavy atom. The zero-order valence-corrected chi connectivity index (χ0v) is 12.7. The van der Waals surface area contributed by atoms with E-state index in [1.165, 1.54) is 12.1 Å². The third-order valence-corrected chi connectivity index (χ3v) is 3.46. The van der Waals surface area contributed by atoms with Crippen LogP contribution in [0.15, 0.2) is 30.3 Å². The molecule has 2 N–H and O–H groups in total. The Morgan fingerprint density at radius 2 is 2.13 bits per heavy atom. The van der Waals surface area contributed by atoms with Crippen molar-refractivity contribution in [3.05, 3.63) is 46.0 Å². The third kappa shape index (κ3) is 2.68. The molecule has 0 aliphatic heterocycles. The predicted molar refractivity (Wildman–Crippen MR) is 85.8 cm³/mol. The van der Waals surface area contributed by atoms with Crippen LogP contribution in [-0.2, 0) is 0 Å². The molecule has 0 aliphatic carbocycles. The quantitative estimate of drug-likeness (QED) is 0.566. The fraction of sp³-hybridized carbons (Fsp3) is 0.188. The normalized spacial score (nSPS) is 10.9. The summed E-state index contributed by atoms with van der Waals surface area (Å²) in [6.07, 6.45) is 0. The van der Waals surface area contributed by atoms with Crippen LogP contribution in [0.4, 0.5) is 5.69 Å². The van der Waals surface area contributed by atoms with E-state index >= 15 is 0 Å². The van der Waals surface area contributed by atoms with Crippen molar-refractivity contribution in [2.24, 2.45) is 0 Å². The molecular weight excluding hydrogens is 298 g/mol. The topological polar surface area (TPSA) is 101 Å². The van der Waals surface area contributed by atoms with Gasteiger partial charge in [0.05, 0.1) is 22.6 Å². The summed E-state index contributed by atoms with van der Waals surface area (Å²) in [7, 11) is 0. The van der Waals surface area contributed by atoms with Gasteiger partial charge in [-0.1, -0.05) is 6.07 Å². The summed E-state index contributed by atoms with van der Waals surface area (Å²) in [5, 5.41) is 21.1. The number of benzene rings is 2. The molecule has 0 atom stereocenters. The lowest BCUT2D eigenvalue weighted by atomic mass is 10.1. The summed E-state index contributed by atoms with van der Waals surface area (Å²) >= 11 is 0. The van der Waals surface area contributed by atoms with Gasteiger partial charge in [0.15, 0.2) is 5.75 Å². The number of phenols is 1. The predicted octanol–water partition coefficient (Wildman–Crippen LogP) is 3.55. The molecule has 7 nitrogen and oxygen atoms in total. The van der Waals surface area contributed by atoms with Crippen LogP contribution in [0, 0.1) is 17.0 Å². The monoisotopic (exact) mass is 313 g/mol. The molecule has 0 aliphatic rings. The Labute approximate surface area is 131 Å². The van der Waals surface area contributed by atoms with Crippen LogP contribution in [0.2, 0.25) is 0 Å². The van der Waals surface area contributed by atoms with Gasteiger partial charge in [-0.25, -0.2) is 4.98 Å². The molecule has 0 spiro atoms. The van der Waals surface area contributed by atoms with Crippen molar-refractivity contribution in [3.63, 3.8) is 0 Å². The Kier molecular flexibility index (Phi) is 3.61. The van der Waals surface area contributed by atoms with E-state index in [2.05, 4.69) is 9.97 Å². The first-order valence-electron chi connectivity index (χ1n) is 7.10. The number of phenolic OH excluding ortho intramolecular Hbond substituents is 1. The van der Waals surface area contributed by atoms with Crippen molar-refractivity contribution < 1.29 is 14.8 Å². The molecule has 0 unspecified atom stereocenters. The van der Waals surface area contributed by atoms with E-state index in [4.69, 9.17) is 4.74 Å². The van der Waals surface area contributed by atoms with E-state index in [1.54, 1.807) is 6.92 Å². The van der Waals surface area contributed by atoms with Crippen molar-refractivity contribution >= 4 is 16.7 Å². The zero-order chi connectivity index (χ0) is 16.6. The van der Waals surface area contributed by atoms with E-state index in [1.807, 2.05) is 25.1 Å². The largest absolute Gasteiger partial charge is 0.500 e. The number of nitro benzene ring substituents is 1. The fourth-order valence-corrected chi connectivity index (χ4v) is 2.39. The van der Waals surface area contributed by atoms with Gasteiger partial charge in [-0.2, -0.15) is 0 Å². The van der Waals surface area contributed by atoms with Gasteiger partial charge in [-0.15, -0.1) is 0 Å². The lowest BCUT2D eigenvalue weighted by molar-refractivity contribution is -0.385. The van der Waals surface area contributed by atoms with Crippen LogP contribution < -0.4 is 4.74 Å². The average molecular weight is 313 g/mol. The Morgan fingerprint density at radius 3 is 2.83 bits per heavy atom. The molecule has 0 saturated carbocycles. The van der Waals surface area contributed by atoms with Crippen molar-refractivity contribution in [2.75, 3.05) is 6.61 Å². The fourth-order valence-electron chi connectivity index (χ4n) is 2.39. The minimum Gasteiger partial charge on any atom is -0.500 e. The molecule has 2 aromatic carbocycles. The molecule has 7 heteroatoms. The van der Waals surface area contributed by atoms with Gasteiger partial charge in [0, 0.05) is 11.6 Å². The molecule has 1 heterocycles. The van der Waals surface area contributed by atoms with Crippen molar-refractivity contribution in [2.45, 2.75) is 13.8 Å². The first-order chi connectivity index (χ1) is 11.0. The van der Waals surface area contributed by atoms with Gasteiger partial charge in [-0.3, -0.25) is 10.1 Å². The number of nitro groups is 1. The molecule has 0 fully saturated rings. The number of ether oxygens (including phenoxy) is 1. The minimum absolute atomic E-state index is 0.0633. The van der Waals surface area contributed by atoms with Crippen LogP contribution in [-0.4, -0.2) is 26.6 Å². The highest BCUT2D eigenvalue weighted by Gasteiger charge is 2.22. The van der Waals surface area contributed by atoms with Gasteiger partial charge in [0.2, 0.25) is 5.75 Å². The molecular formula is C16H15N3O4. The van der Waals surface area contributed by atoms with E-state index < -0.39 is 16.4 Å². The van der Waals surface area contributed by atoms with Crippen LogP contribution >= 0.6 is 0 Å². The first kappa shape index (κ1) is 14.8. The third-order valence-electron chi connectivity index (χ3n) is 3.46. The highest BCUT2D eigenvalue weighted by atomic mass is 16.6. The number of H-pyrrole nitrogens is 1. The zero-order valence-electron chi connectivity index (χ0n) is 12.7. The maximum absolute atomic E-state index is 11.1. The average Bonchev–Trinajstić information content (AvgIpc) is 2.92. The number of aromatic amines is 1.